The summed E-state index contributed by atoms with van der Waals surface area (Å²) in [6.07, 6.45) is 2.81. The highest BCUT2D eigenvalue weighted by Gasteiger charge is 2.21. The topological polar surface area (TPSA) is 123 Å². The first-order valence-corrected chi connectivity index (χ1v) is 12.2. The molecule has 6 aromatic rings. The molecule has 184 valence electrons. The van der Waals surface area contributed by atoms with Crippen LogP contribution < -0.4 is 0 Å². The van der Waals surface area contributed by atoms with Crippen molar-refractivity contribution in [3.63, 3.8) is 0 Å². The Labute approximate surface area is 211 Å². The number of hydrogen-bond acceptors (Lipinski definition) is 6. The number of aromatic carboxylic acids is 1. The number of H-pyrrole nitrogens is 1. The first-order chi connectivity index (χ1) is 18.1. The monoisotopic (exact) mass is 492 g/mol. The number of furan rings is 1. The molecule has 37 heavy (non-hydrogen) atoms. The van der Waals surface area contributed by atoms with Crippen LogP contribution in [0, 0.1) is 0 Å². The van der Waals surface area contributed by atoms with Gasteiger partial charge in [-0.15, -0.1) is 10.2 Å². The van der Waals surface area contributed by atoms with Crippen molar-refractivity contribution in [2.45, 2.75) is 32.7 Å². The summed E-state index contributed by atoms with van der Waals surface area (Å²) < 4.78 is 8.14. The van der Waals surface area contributed by atoms with Gasteiger partial charge in [0, 0.05) is 23.9 Å². The number of carbonyl (C=O) groups is 1. The number of aromatic nitrogens is 6. The largest absolute Gasteiger partial charge is 0.478 e. The minimum atomic E-state index is -0.954. The molecule has 0 unspecified atom stereocenters. The Kier molecular flexibility index (Phi) is 5.72. The molecule has 0 spiro atoms. The number of unbranched alkanes of at least 4 members (excludes halogenated alkanes) is 1. The van der Waals surface area contributed by atoms with Gasteiger partial charge in [0.1, 0.15) is 11.4 Å². The molecule has 2 N–H and O–H groups in total. The van der Waals surface area contributed by atoms with Crippen molar-refractivity contribution < 1.29 is 14.3 Å². The van der Waals surface area contributed by atoms with Gasteiger partial charge in [0.2, 0.25) is 5.82 Å². The maximum atomic E-state index is 12.0. The summed E-state index contributed by atoms with van der Waals surface area (Å²) in [6.45, 7) is 2.65. The van der Waals surface area contributed by atoms with Crippen LogP contribution in [0.1, 0.15) is 41.5 Å². The van der Waals surface area contributed by atoms with Crippen LogP contribution in [-0.4, -0.2) is 41.3 Å². The summed E-state index contributed by atoms with van der Waals surface area (Å²) in [5, 5.41) is 25.2. The van der Waals surface area contributed by atoms with E-state index in [2.05, 4.69) is 39.7 Å². The molecule has 0 amide bonds. The second-order valence-electron chi connectivity index (χ2n) is 8.93. The van der Waals surface area contributed by atoms with Crippen LogP contribution in [0.25, 0.3) is 44.7 Å². The van der Waals surface area contributed by atoms with Crippen LogP contribution in [0.3, 0.4) is 0 Å². The molecule has 0 saturated carbocycles. The second kappa shape index (κ2) is 9.34. The van der Waals surface area contributed by atoms with Gasteiger partial charge in [-0.3, -0.25) is 0 Å². The SMILES string of the molecule is CCCCc1nc2cccc(C(=O)O)c2n1Cc1ccc(-c2c(-c3nn[nH]n3)oc3ccccc23)cc1. The Bertz CT molecular complexity index is 1710. The average molecular weight is 493 g/mol. The molecule has 0 aliphatic heterocycles. The molecule has 9 nitrogen and oxygen atoms in total. The Morgan fingerprint density at radius 2 is 1.89 bits per heavy atom. The quantitative estimate of drug-likeness (QED) is 0.279. The molecular formula is C28H24N6O3. The van der Waals surface area contributed by atoms with Gasteiger partial charge < -0.3 is 14.1 Å². The van der Waals surface area contributed by atoms with E-state index in [-0.39, 0.29) is 5.56 Å². The average Bonchev–Trinajstić information content (AvgIpc) is 3.65. The molecule has 0 bridgehead atoms. The molecule has 0 aliphatic rings. The number of benzene rings is 3. The van der Waals surface area contributed by atoms with Gasteiger partial charge in [0.15, 0.2) is 5.76 Å². The van der Waals surface area contributed by atoms with E-state index < -0.39 is 5.97 Å². The fourth-order valence-corrected chi connectivity index (χ4v) is 4.81. The number of hydrogen-bond donors (Lipinski definition) is 2. The van der Waals surface area contributed by atoms with Crippen molar-refractivity contribution >= 4 is 28.0 Å². The highest BCUT2D eigenvalue weighted by molar-refractivity contribution is 6.02. The lowest BCUT2D eigenvalue weighted by molar-refractivity contribution is 0.0698. The first-order valence-electron chi connectivity index (χ1n) is 12.2. The number of tetrazole rings is 1. The number of imidazole rings is 1. The molecule has 3 aromatic heterocycles. The summed E-state index contributed by atoms with van der Waals surface area (Å²) in [5.41, 5.74) is 5.26. The van der Waals surface area contributed by atoms with E-state index in [0.717, 1.165) is 52.7 Å². The number of nitrogens with zero attached hydrogens (tertiary/aromatic N) is 5. The lowest BCUT2D eigenvalue weighted by Gasteiger charge is -2.11. The predicted molar refractivity (Wildman–Crippen MR) is 139 cm³/mol. The van der Waals surface area contributed by atoms with Crippen LogP contribution in [0.15, 0.2) is 71.1 Å². The lowest BCUT2D eigenvalue weighted by Crippen LogP contribution is -2.08. The summed E-state index contributed by atoms with van der Waals surface area (Å²) in [6, 6.07) is 21.3. The van der Waals surface area contributed by atoms with E-state index >= 15 is 0 Å². The number of para-hydroxylation sites is 2. The Balaban J connectivity index is 1.42. The number of nitrogens with one attached hydrogen (secondary N) is 1. The van der Waals surface area contributed by atoms with E-state index in [1.807, 2.05) is 47.0 Å². The molecule has 9 heteroatoms. The van der Waals surface area contributed by atoms with Crippen molar-refractivity contribution in [3.8, 4) is 22.7 Å². The maximum Gasteiger partial charge on any atom is 0.337 e. The predicted octanol–water partition coefficient (Wildman–Crippen LogP) is 5.72. The van der Waals surface area contributed by atoms with Crippen LogP contribution in [0.2, 0.25) is 0 Å². The highest BCUT2D eigenvalue weighted by Crippen LogP contribution is 2.39. The van der Waals surface area contributed by atoms with Gasteiger partial charge in [0.05, 0.1) is 16.6 Å². The van der Waals surface area contributed by atoms with Gasteiger partial charge in [-0.2, -0.15) is 5.21 Å². The van der Waals surface area contributed by atoms with Gasteiger partial charge in [-0.1, -0.05) is 61.9 Å². The molecular weight excluding hydrogens is 468 g/mol. The number of aryl methyl sites for hydroxylation is 1. The van der Waals surface area contributed by atoms with E-state index in [1.54, 1.807) is 12.1 Å². The smallest absolute Gasteiger partial charge is 0.337 e. The van der Waals surface area contributed by atoms with Crippen LogP contribution >= 0.6 is 0 Å². The third kappa shape index (κ3) is 4.04. The lowest BCUT2D eigenvalue weighted by atomic mass is 10.00. The molecule has 0 saturated heterocycles. The summed E-state index contributed by atoms with van der Waals surface area (Å²) in [4.78, 5) is 16.8. The third-order valence-electron chi connectivity index (χ3n) is 6.56. The van der Waals surface area contributed by atoms with Crippen molar-refractivity contribution in [3.05, 3.63) is 83.7 Å². The third-order valence-corrected chi connectivity index (χ3v) is 6.56. The van der Waals surface area contributed by atoms with E-state index in [4.69, 9.17) is 9.40 Å². The summed E-state index contributed by atoms with van der Waals surface area (Å²) in [7, 11) is 0. The van der Waals surface area contributed by atoms with Gasteiger partial charge >= 0.3 is 5.97 Å². The van der Waals surface area contributed by atoms with Crippen LogP contribution in [-0.2, 0) is 13.0 Å². The van der Waals surface area contributed by atoms with Crippen molar-refractivity contribution in [1.82, 2.24) is 30.2 Å². The fourth-order valence-electron chi connectivity index (χ4n) is 4.81. The molecule has 0 fully saturated rings. The molecule has 0 aliphatic carbocycles. The van der Waals surface area contributed by atoms with Crippen molar-refractivity contribution in [2.24, 2.45) is 0 Å². The van der Waals surface area contributed by atoms with Gasteiger partial charge in [-0.25, -0.2) is 9.78 Å². The maximum absolute atomic E-state index is 12.0. The number of fused-ring (bicyclic) bond motifs is 2. The van der Waals surface area contributed by atoms with E-state index in [9.17, 15) is 9.90 Å². The Morgan fingerprint density at radius 3 is 2.65 bits per heavy atom. The molecule has 6 rings (SSSR count). The van der Waals surface area contributed by atoms with Gasteiger partial charge in [-0.05, 0) is 41.0 Å². The first kappa shape index (κ1) is 22.7. The summed E-state index contributed by atoms with van der Waals surface area (Å²) >= 11 is 0. The van der Waals surface area contributed by atoms with Crippen molar-refractivity contribution in [2.75, 3.05) is 0 Å². The van der Waals surface area contributed by atoms with Crippen molar-refractivity contribution in [1.29, 1.82) is 0 Å². The highest BCUT2D eigenvalue weighted by atomic mass is 16.4. The number of carboxylic acid groups (broad SMARTS) is 1. The molecule has 0 radical (unpaired) electrons. The molecule has 0 atom stereocenters. The molecule has 3 aromatic carbocycles. The van der Waals surface area contributed by atoms with E-state index in [1.165, 1.54) is 0 Å². The number of rotatable bonds is 8. The minimum Gasteiger partial charge on any atom is -0.478 e. The standard InChI is InChI=1S/C28H24N6O3/c1-2-3-11-23-29-21-9-6-8-20(28(35)36)25(21)34(23)16-17-12-14-18(15-13-17)24-19-7-4-5-10-22(19)37-26(24)27-30-32-33-31-27/h4-10,12-15H,2-3,11,16H2,1H3,(H,35,36)(H,30,31,32,33). The van der Waals surface area contributed by atoms with Crippen LogP contribution in [0.4, 0.5) is 0 Å². The zero-order chi connectivity index (χ0) is 25.4. The number of aromatic amines is 1. The second-order valence-corrected chi connectivity index (χ2v) is 8.93. The minimum absolute atomic E-state index is 0.263. The van der Waals surface area contributed by atoms with Crippen LogP contribution in [0.5, 0.6) is 0 Å². The normalized spacial score (nSPS) is 11.5. The fraction of sp³-hybridized carbons (Fsp3) is 0.179. The van der Waals surface area contributed by atoms with Gasteiger partial charge in [0.25, 0.3) is 0 Å². The Hall–Kier alpha value is -4.79. The zero-order valence-corrected chi connectivity index (χ0v) is 20.2. The molecule has 3 heterocycles. The number of carboxylic acids is 1. The summed E-state index contributed by atoms with van der Waals surface area (Å²) in [5.74, 6) is 0.887. The Morgan fingerprint density at radius 1 is 1.05 bits per heavy atom. The zero-order valence-electron chi connectivity index (χ0n) is 20.2. The van der Waals surface area contributed by atoms with E-state index in [0.29, 0.717) is 29.2 Å².